The maximum atomic E-state index is 4.12. The van der Waals surface area contributed by atoms with Crippen molar-refractivity contribution in [3.05, 3.63) is 18.6 Å². The summed E-state index contributed by atoms with van der Waals surface area (Å²) in [4.78, 5) is 10.5. The first-order chi connectivity index (χ1) is 7.95. The predicted octanol–water partition coefficient (Wildman–Crippen LogP) is 0.184. The summed E-state index contributed by atoms with van der Waals surface area (Å²) >= 11 is 0. The number of hydrogen-bond donors (Lipinski definition) is 2. The molecule has 1 aromatic rings. The highest BCUT2D eigenvalue weighted by atomic mass is 15.2. The summed E-state index contributed by atoms with van der Waals surface area (Å²) < 4.78 is 0. The second-order valence-electron chi connectivity index (χ2n) is 3.97. The Morgan fingerprint density at radius 2 is 2.25 bits per heavy atom. The van der Waals surface area contributed by atoms with Crippen molar-refractivity contribution in [2.24, 2.45) is 0 Å². The molecule has 0 aliphatic carbocycles. The van der Waals surface area contributed by atoms with Crippen LogP contribution in [0.4, 0.5) is 5.82 Å². The molecule has 0 atom stereocenters. The minimum absolute atomic E-state index is 0.912. The van der Waals surface area contributed by atoms with Gasteiger partial charge in [0.15, 0.2) is 0 Å². The van der Waals surface area contributed by atoms with E-state index < -0.39 is 0 Å². The van der Waals surface area contributed by atoms with Crippen LogP contribution in [0.5, 0.6) is 0 Å². The topological polar surface area (TPSA) is 53.1 Å². The Morgan fingerprint density at radius 3 is 3.00 bits per heavy atom. The van der Waals surface area contributed by atoms with Crippen molar-refractivity contribution >= 4 is 5.82 Å². The fourth-order valence-corrected chi connectivity index (χ4v) is 1.85. The summed E-state index contributed by atoms with van der Waals surface area (Å²) in [5.74, 6) is 0.912. The van der Waals surface area contributed by atoms with Crippen LogP contribution in [0.25, 0.3) is 0 Å². The van der Waals surface area contributed by atoms with E-state index in [9.17, 15) is 0 Å². The van der Waals surface area contributed by atoms with Crippen LogP contribution < -0.4 is 10.6 Å². The summed E-state index contributed by atoms with van der Waals surface area (Å²) in [6, 6.07) is 1.89. The Balaban J connectivity index is 1.58. The van der Waals surface area contributed by atoms with Crippen molar-refractivity contribution in [3.8, 4) is 0 Å². The first kappa shape index (κ1) is 11.3. The molecule has 16 heavy (non-hydrogen) atoms. The maximum absolute atomic E-state index is 4.12. The van der Waals surface area contributed by atoms with Crippen LogP contribution >= 0.6 is 0 Å². The zero-order valence-electron chi connectivity index (χ0n) is 9.52. The Kier molecular flexibility index (Phi) is 4.51. The number of anilines is 1. The Bertz CT molecular complexity index is 284. The van der Waals surface area contributed by atoms with Gasteiger partial charge in [-0.3, -0.25) is 0 Å². The number of nitrogens with zero attached hydrogens (tertiary/aromatic N) is 3. The number of aromatic nitrogens is 2. The molecule has 1 aromatic heterocycles. The third-order valence-corrected chi connectivity index (χ3v) is 2.75. The van der Waals surface area contributed by atoms with Crippen LogP contribution in [0.15, 0.2) is 18.6 Å². The average Bonchev–Trinajstić information content (AvgIpc) is 2.37. The first-order valence-electron chi connectivity index (χ1n) is 5.88. The lowest BCUT2D eigenvalue weighted by molar-refractivity contribution is 0.240. The van der Waals surface area contributed by atoms with E-state index in [1.54, 1.807) is 12.5 Å². The lowest BCUT2D eigenvalue weighted by Crippen LogP contribution is -2.44. The zero-order valence-corrected chi connectivity index (χ0v) is 9.52. The van der Waals surface area contributed by atoms with Crippen LogP contribution in [0.2, 0.25) is 0 Å². The second-order valence-corrected chi connectivity index (χ2v) is 3.97. The second kappa shape index (κ2) is 6.40. The molecule has 0 saturated carbocycles. The van der Waals surface area contributed by atoms with Crippen molar-refractivity contribution in [2.45, 2.75) is 6.42 Å². The molecule has 1 aliphatic rings. The standard InChI is InChI=1S/C11H19N5/c1(7-16-8-5-12-6-9-16)3-14-11-2-4-13-10-15-11/h2,4,10,12H,1,3,5-9H2,(H,13,14,15). The quantitative estimate of drug-likeness (QED) is 0.695. The molecule has 1 aliphatic heterocycles. The van der Waals surface area contributed by atoms with E-state index >= 15 is 0 Å². The van der Waals surface area contributed by atoms with Crippen molar-refractivity contribution < 1.29 is 0 Å². The van der Waals surface area contributed by atoms with Crippen LogP contribution in [-0.4, -0.2) is 54.1 Å². The van der Waals surface area contributed by atoms with Gasteiger partial charge in [0.2, 0.25) is 0 Å². The van der Waals surface area contributed by atoms with Crippen molar-refractivity contribution in [1.82, 2.24) is 20.2 Å². The molecule has 0 radical (unpaired) electrons. The van der Waals surface area contributed by atoms with Crippen LogP contribution in [0, 0.1) is 0 Å². The van der Waals surface area contributed by atoms with Gasteiger partial charge in [-0.25, -0.2) is 9.97 Å². The summed E-state index contributed by atoms with van der Waals surface area (Å²) in [7, 11) is 0. The smallest absolute Gasteiger partial charge is 0.129 e. The van der Waals surface area contributed by atoms with Gasteiger partial charge < -0.3 is 15.5 Å². The lowest BCUT2D eigenvalue weighted by atomic mass is 10.3. The Hall–Kier alpha value is -1.20. The minimum atomic E-state index is 0.912. The average molecular weight is 221 g/mol. The van der Waals surface area contributed by atoms with Gasteiger partial charge in [-0.2, -0.15) is 0 Å². The lowest BCUT2D eigenvalue weighted by Gasteiger charge is -2.27. The van der Waals surface area contributed by atoms with Crippen LogP contribution in [0.3, 0.4) is 0 Å². The van der Waals surface area contributed by atoms with E-state index in [4.69, 9.17) is 0 Å². The normalized spacial score (nSPS) is 17.2. The molecule has 0 unspecified atom stereocenters. The molecule has 2 rings (SSSR count). The van der Waals surface area contributed by atoms with E-state index in [1.807, 2.05) is 6.07 Å². The molecule has 88 valence electrons. The third-order valence-electron chi connectivity index (χ3n) is 2.75. The predicted molar refractivity (Wildman–Crippen MR) is 64.4 cm³/mol. The molecule has 0 bridgehead atoms. The Morgan fingerprint density at radius 1 is 1.38 bits per heavy atom. The number of rotatable bonds is 5. The van der Waals surface area contributed by atoms with Gasteiger partial charge in [0.1, 0.15) is 12.1 Å². The highest BCUT2D eigenvalue weighted by Crippen LogP contribution is 1.99. The number of nitrogens with one attached hydrogen (secondary N) is 2. The van der Waals surface area contributed by atoms with Gasteiger partial charge in [0.25, 0.3) is 0 Å². The fraction of sp³-hybridized carbons (Fsp3) is 0.636. The number of piperazine rings is 1. The van der Waals surface area contributed by atoms with Crippen molar-refractivity contribution in [2.75, 3.05) is 44.6 Å². The first-order valence-corrected chi connectivity index (χ1v) is 5.88. The van der Waals surface area contributed by atoms with Gasteiger partial charge in [-0.15, -0.1) is 0 Å². The maximum Gasteiger partial charge on any atom is 0.129 e. The molecule has 0 amide bonds. The molecule has 2 N–H and O–H groups in total. The fourth-order valence-electron chi connectivity index (χ4n) is 1.85. The van der Waals surface area contributed by atoms with Gasteiger partial charge in [-0.05, 0) is 19.0 Å². The molecular formula is C11H19N5. The molecule has 0 aromatic carbocycles. The van der Waals surface area contributed by atoms with E-state index in [0.717, 1.165) is 31.9 Å². The summed E-state index contributed by atoms with van der Waals surface area (Å²) in [5, 5.41) is 6.65. The molecular weight excluding hydrogens is 202 g/mol. The van der Waals surface area contributed by atoms with Crippen LogP contribution in [0.1, 0.15) is 6.42 Å². The zero-order chi connectivity index (χ0) is 11.1. The van der Waals surface area contributed by atoms with Crippen molar-refractivity contribution in [1.29, 1.82) is 0 Å². The van der Waals surface area contributed by atoms with E-state index in [1.165, 1.54) is 19.6 Å². The summed E-state index contributed by atoms with van der Waals surface area (Å²) in [6.45, 7) is 6.74. The molecule has 1 fully saturated rings. The van der Waals surface area contributed by atoms with Crippen LogP contribution in [-0.2, 0) is 0 Å². The monoisotopic (exact) mass is 221 g/mol. The van der Waals surface area contributed by atoms with Crippen molar-refractivity contribution in [3.63, 3.8) is 0 Å². The van der Waals surface area contributed by atoms with Gasteiger partial charge in [-0.1, -0.05) is 0 Å². The minimum Gasteiger partial charge on any atom is -0.370 e. The van der Waals surface area contributed by atoms with E-state index in [2.05, 4.69) is 25.5 Å². The largest absolute Gasteiger partial charge is 0.370 e. The molecule has 5 heteroatoms. The third kappa shape index (κ3) is 3.75. The summed E-state index contributed by atoms with van der Waals surface area (Å²) in [6.07, 6.45) is 4.48. The summed E-state index contributed by atoms with van der Waals surface area (Å²) in [5.41, 5.74) is 0. The number of hydrogen-bond acceptors (Lipinski definition) is 5. The van der Waals surface area contributed by atoms with Gasteiger partial charge in [0, 0.05) is 38.9 Å². The highest BCUT2D eigenvalue weighted by molar-refractivity contribution is 5.31. The van der Waals surface area contributed by atoms with Gasteiger partial charge >= 0.3 is 0 Å². The molecule has 5 nitrogen and oxygen atoms in total. The SMILES string of the molecule is c1cc(NCCCN2CCNCC2)ncn1. The molecule has 2 heterocycles. The van der Waals surface area contributed by atoms with E-state index in [0.29, 0.717) is 0 Å². The molecule has 1 saturated heterocycles. The highest BCUT2D eigenvalue weighted by Gasteiger charge is 2.07. The van der Waals surface area contributed by atoms with E-state index in [-0.39, 0.29) is 0 Å². The Labute approximate surface area is 96.3 Å². The van der Waals surface area contributed by atoms with Gasteiger partial charge in [0.05, 0.1) is 0 Å². The molecule has 0 spiro atoms.